The predicted octanol–water partition coefficient (Wildman–Crippen LogP) is 2.51. The lowest BCUT2D eigenvalue weighted by Gasteiger charge is -2.24. The number of carbonyl (C=O) groups excluding carboxylic acids is 1. The number of hydrogen-bond acceptors (Lipinski definition) is 4. The SMILES string of the molecule is COc1ccc(C2CCCN2CC(=O)Nc2cc(C)nn2C)cc1. The molecule has 6 heteroatoms. The summed E-state index contributed by atoms with van der Waals surface area (Å²) in [4.78, 5) is 14.6. The van der Waals surface area contributed by atoms with Gasteiger partial charge in [0.25, 0.3) is 0 Å². The maximum absolute atomic E-state index is 12.4. The fourth-order valence-corrected chi connectivity index (χ4v) is 3.31. The molecule has 2 aromatic rings. The first-order valence-electron chi connectivity index (χ1n) is 8.25. The number of rotatable bonds is 5. The van der Waals surface area contributed by atoms with Crippen LogP contribution in [0.2, 0.25) is 0 Å². The first-order valence-corrected chi connectivity index (χ1v) is 8.25. The van der Waals surface area contributed by atoms with Gasteiger partial charge in [0.1, 0.15) is 11.6 Å². The van der Waals surface area contributed by atoms with Crippen molar-refractivity contribution in [2.45, 2.75) is 25.8 Å². The molecule has 1 saturated heterocycles. The van der Waals surface area contributed by atoms with Crippen LogP contribution in [0.25, 0.3) is 0 Å². The zero-order valence-corrected chi connectivity index (χ0v) is 14.5. The summed E-state index contributed by atoms with van der Waals surface area (Å²) in [5.41, 5.74) is 2.13. The molecule has 1 aromatic carbocycles. The van der Waals surface area contributed by atoms with E-state index in [2.05, 4.69) is 27.4 Å². The molecule has 1 atom stereocenters. The second-order valence-corrected chi connectivity index (χ2v) is 6.24. The van der Waals surface area contributed by atoms with Crippen molar-refractivity contribution in [2.24, 2.45) is 7.05 Å². The lowest BCUT2D eigenvalue weighted by atomic mass is 10.0. The molecule has 0 radical (unpaired) electrons. The Hall–Kier alpha value is -2.34. The van der Waals surface area contributed by atoms with Crippen LogP contribution in [0.5, 0.6) is 5.75 Å². The van der Waals surface area contributed by atoms with Crippen LogP contribution in [-0.4, -0.2) is 40.8 Å². The quantitative estimate of drug-likeness (QED) is 0.916. The number of carbonyl (C=O) groups is 1. The average molecular weight is 328 g/mol. The van der Waals surface area contributed by atoms with Crippen molar-refractivity contribution >= 4 is 11.7 Å². The highest BCUT2D eigenvalue weighted by atomic mass is 16.5. The van der Waals surface area contributed by atoms with Crippen LogP contribution in [-0.2, 0) is 11.8 Å². The van der Waals surface area contributed by atoms with E-state index in [-0.39, 0.29) is 11.9 Å². The van der Waals surface area contributed by atoms with Crippen molar-refractivity contribution in [3.63, 3.8) is 0 Å². The first kappa shape index (κ1) is 16.5. The van der Waals surface area contributed by atoms with Crippen molar-refractivity contribution in [3.05, 3.63) is 41.6 Å². The number of benzene rings is 1. The summed E-state index contributed by atoms with van der Waals surface area (Å²) >= 11 is 0. The molecule has 6 nitrogen and oxygen atoms in total. The van der Waals surface area contributed by atoms with Gasteiger partial charge in [-0.05, 0) is 44.0 Å². The minimum Gasteiger partial charge on any atom is -0.497 e. The molecule has 0 bridgehead atoms. The lowest BCUT2D eigenvalue weighted by Crippen LogP contribution is -2.33. The standard InChI is InChI=1S/C18H24N4O2/c1-13-11-17(21(2)20-13)19-18(23)12-22-10-4-5-16(22)14-6-8-15(24-3)9-7-14/h6-9,11,16H,4-5,10,12H2,1-3H3,(H,19,23). The summed E-state index contributed by atoms with van der Waals surface area (Å²) in [6, 6.07) is 10.3. The summed E-state index contributed by atoms with van der Waals surface area (Å²) in [6.07, 6.45) is 2.18. The van der Waals surface area contributed by atoms with Crippen LogP contribution in [0.3, 0.4) is 0 Å². The van der Waals surface area contributed by atoms with Gasteiger partial charge in [-0.2, -0.15) is 5.10 Å². The van der Waals surface area contributed by atoms with E-state index in [1.54, 1.807) is 11.8 Å². The van der Waals surface area contributed by atoms with Crippen molar-refractivity contribution < 1.29 is 9.53 Å². The maximum Gasteiger partial charge on any atom is 0.239 e. The Morgan fingerprint density at radius 1 is 1.38 bits per heavy atom. The number of nitrogens with zero attached hydrogens (tertiary/aromatic N) is 3. The van der Waals surface area contributed by atoms with Gasteiger partial charge in [0, 0.05) is 19.2 Å². The first-order chi connectivity index (χ1) is 11.6. The van der Waals surface area contributed by atoms with Crippen LogP contribution in [0.4, 0.5) is 5.82 Å². The Bertz CT molecular complexity index is 708. The van der Waals surface area contributed by atoms with Crippen LogP contribution < -0.4 is 10.1 Å². The molecule has 1 aliphatic heterocycles. The molecule has 0 aliphatic carbocycles. The van der Waals surface area contributed by atoms with Gasteiger partial charge in [0.2, 0.25) is 5.91 Å². The molecule has 128 valence electrons. The molecule has 3 rings (SSSR count). The summed E-state index contributed by atoms with van der Waals surface area (Å²) in [6.45, 7) is 3.24. The molecule has 1 amide bonds. The predicted molar refractivity (Wildman–Crippen MR) is 93.1 cm³/mol. The van der Waals surface area contributed by atoms with E-state index < -0.39 is 0 Å². The van der Waals surface area contributed by atoms with Crippen LogP contribution in [0.15, 0.2) is 30.3 Å². The van der Waals surface area contributed by atoms with Gasteiger partial charge in [-0.25, -0.2) is 0 Å². The molecule has 1 unspecified atom stereocenters. The van der Waals surface area contributed by atoms with E-state index >= 15 is 0 Å². The third-order valence-corrected chi connectivity index (χ3v) is 4.48. The molecule has 0 spiro atoms. The van der Waals surface area contributed by atoms with E-state index in [0.29, 0.717) is 6.54 Å². The summed E-state index contributed by atoms with van der Waals surface area (Å²) in [5.74, 6) is 1.59. The van der Waals surface area contributed by atoms with Gasteiger partial charge < -0.3 is 10.1 Å². The molecular weight excluding hydrogens is 304 g/mol. The molecular formula is C18H24N4O2. The number of anilines is 1. The van der Waals surface area contributed by atoms with Crippen molar-refractivity contribution in [1.82, 2.24) is 14.7 Å². The van der Waals surface area contributed by atoms with Gasteiger partial charge in [0.15, 0.2) is 0 Å². The van der Waals surface area contributed by atoms with Crippen LogP contribution in [0, 0.1) is 6.92 Å². The number of methoxy groups -OCH3 is 1. The Morgan fingerprint density at radius 3 is 2.75 bits per heavy atom. The summed E-state index contributed by atoms with van der Waals surface area (Å²) in [5, 5.41) is 7.20. The highest BCUT2D eigenvalue weighted by molar-refractivity contribution is 5.91. The number of likely N-dealkylation sites (tertiary alicyclic amines) is 1. The van der Waals surface area contributed by atoms with E-state index in [1.165, 1.54) is 5.56 Å². The van der Waals surface area contributed by atoms with E-state index in [9.17, 15) is 4.79 Å². The molecule has 1 fully saturated rings. The zero-order valence-electron chi connectivity index (χ0n) is 14.5. The maximum atomic E-state index is 12.4. The summed E-state index contributed by atoms with van der Waals surface area (Å²) < 4.78 is 6.91. The Morgan fingerprint density at radius 2 is 2.12 bits per heavy atom. The molecule has 24 heavy (non-hydrogen) atoms. The molecule has 0 saturated carbocycles. The Labute approximate surface area is 142 Å². The van der Waals surface area contributed by atoms with E-state index in [4.69, 9.17) is 4.74 Å². The number of nitrogens with one attached hydrogen (secondary N) is 1. The normalized spacial score (nSPS) is 17.9. The van der Waals surface area contributed by atoms with Gasteiger partial charge >= 0.3 is 0 Å². The number of aryl methyl sites for hydroxylation is 2. The van der Waals surface area contributed by atoms with Crippen molar-refractivity contribution in [3.8, 4) is 5.75 Å². The van der Waals surface area contributed by atoms with Gasteiger partial charge in [0.05, 0.1) is 19.3 Å². The highest BCUT2D eigenvalue weighted by Crippen LogP contribution is 2.32. The van der Waals surface area contributed by atoms with E-state index in [0.717, 1.165) is 36.6 Å². The highest BCUT2D eigenvalue weighted by Gasteiger charge is 2.27. The molecule has 2 heterocycles. The Kier molecular flexibility index (Phi) is 4.85. The van der Waals surface area contributed by atoms with E-state index in [1.807, 2.05) is 32.2 Å². The lowest BCUT2D eigenvalue weighted by molar-refractivity contribution is -0.117. The minimum absolute atomic E-state index is 0.00147. The monoisotopic (exact) mass is 328 g/mol. The topological polar surface area (TPSA) is 59.4 Å². The minimum atomic E-state index is -0.00147. The molecule has 1 aromatic heterocycles. The van der Waals surface area contributed by atoms with Crippen molar-refractivity contribution in [1.29, 1.82) is 0 Å². The molecule has 1 aliphatic rings. The second kappa shape index (κ2) is 7.05. The second-order valence-electron chi connectivity index (χ2n) is 6.24. The third kappa shape index (κ3) is 3.59. The van der Waals surface area contributed by atoms with Gasteiger partial charge in [-0.15, -0.1) is 0 Å². The smallest absolute Gasteiger partial charge is 0.239 e. The molecule has 1 N–H and O–H groups in total. The average Bonchev–Trinajstić information content (AvgIpc) is 3.14. The largest absolute Gasteiger partial charge is 0.497 e. The van der Waals surface area contributed by atoms with Crippen LogP contribution >= 0.6 is 0 Å². The van der Waals surface area contributed by atoms with Gasteiger partial charge in [-0.1, -0.05) is 12.1 Å². The fraction of sp³-hybridized carbons (Fsp3) is 0.444. The van der Waals surface area contributed by atoms with Gasteiger partial charge in [-0.3, -0.25) is 14.4 Å². The van der Waals surface area contributed by atoms with Crippen LogP contribution in [0.1, 0.15) is 30.1 Å². The third-order valence-electron chi connectivity index (χ3n) is 4.48. The number of hydrogen-bond donors (Lipinski definition) is 1. The summed E-state index contributed by atoms with van der Waals surface area (Å²) in [7, 11) is 3.50. The Balaban J connectivity index is 1.64. The number of aromatic nitrogens is 2. The van der Waals surface area contributed by atoms with Crippen molar-refractivity contribution in [2.75, 3.05) is 25.5 Å². The zero-order chi connectivity index (χ0) is 17.1. The number of amides is 1. The number of ether oxygens (including phenoxy) is 1. The fourth-order valence-electron chi connectivity index (χ4n) is 3.31.